The van der Waals surface area contributed by atoms with Gasteiger partial charge in [0.25, 0.3) is 11.8 Å². The van der Waals surface area contributed by atoms with Crippen LogP contribution < -0.4 is 19.5 Å². The average Bonchev–Trinajstić information content (AvgIpc) is 3.67. The molecule has 2 amide bonds. The van der Waals surface area contributed by atoms with Crippen LogP contribution in [0.2, 0.25) is 0 Å². The molecule has 0 unspecified atom stereocenters. The number of aromatic nitrogens is 1. The number of ether oxygens (including phenoxy) is 3. The molecule has 218 valence electrons. The molecule has 0 spiro atoms. The number of hydrogen-bond acceptors (Lipinski definition) is 7. The Balaban J connectivity index is 1.27. The maximum absolute atomic E-state index is 13.7. The first-order valence-corrected chi connectivity index (χ1v) is 13.8. The van der Waals surface area contributed by atoms with Crippen molar-refractivity contribution in [1.29, 1.82) is 0 Å². The van der Waals surface area contributed by atoms with Gasteiger partial charge in [0, 0.05) is 24.7 Å². The van der Waals surface area contributed by atoms with E-state index in [4.69, 9.17) is 18.7 Å². The fraction of sp³-hybridized carbons (Fsp3) is 0.303. The summed E-state index contributed by atoms with van der Waals surface area (Å²) in [6, 6.07) is 22.6. The van der Waals surface area contributed by atoms with Crippen molar-refractivity contribution >= 4 is 11.8 Å². The zero-order valence-corrected chi connectivity index (χ0v) is 24.3. The molecule has 0 saturated carbocycles. The summed E-state index contributed by atoms with van der Waals surface area (Å²) in [5.41, 5.74) is 3.79. The van der Waals surface area contributed by atoms with Gasteiger partial charge >= 0.3 is 0 Å². The van der Waals surface area contributed by atoms with Crippen molar-refractivity contribution in [1.82, 2.24) is 15.4 Å². The van der Waals surface area contributed by atoms with Gasteiger partial charge in [0.15, 0.2) is 23.0 Å². The number of hydrogen-bond donors (Lipinski definition) is 1. The highest BCUT2D eigenvalue weighted by atomic mass is 16.7. The summed E-state index contributed by atoms with van der Waals surface area (Å²) in [5.74, 6) is 2.01. The number of amides is 2. The predicted octanol–water partition coefficient (Wildman–Crippen LogP) is 5.52. The van der Waals surface area contributed by atoms with Gasteiger partial charge in [-0.1, -0.05) is 56.3 Å². The summed E-state index contributed by atoms with van der Waals surface area (Å²) >= 11 is 0. The molecule has 0 fully saturated rings. The van der Waals surface area contributed by atoms with E-state index in [2.05, 4.69) is 31.2 Å². The van der Waals surface area contributed by atoms with Gasteiger partial charge in [0.2, 0.25) is 6.79 Å². The molecule has 1 aliphatic heterocycles. The van der Waals surface area contributed by atoms with Crippen molar-refractivity contribution in [3.8, 4) is 17.2 Å². The van der Waals surface area contributed by atoms with Crippen LogP contribution in [-0.2, 0) is 24.9 Å². The summed E-state index contributed by atoms with van der Waals surface area (Å²) in [7, 11) is 1.63. The van der Waals surface area contributed by atoms with Gasteiger partial charge in [-0.15, -0.1) is 0 Å². The van der Waals surface area contributed by atoms with Crippen LogP contribution >= 0.6 is 0 Å². The number of rotatable bonds is 10. The van der Waals surface area contributed by atoms with Crippen molar-refractivity contribution in [2.24, 2.45) is 0 Å². The molecule has 3 aromatic carbocycles. The molecule has 0 radical (unpaired) electrons. The molecule has 0 aliphatic carbocycles. The van der Waals surface area contributed by atoms with Crippen LogP contribution in [0.15, 0.2) is 77.3 Å². The van der Waals surface area contributed by atoms with Crippen LogP contribution in [0.25, 0.3) is 0 Å². The van der Waals surface area contributed by atoms with E-state index in [0.29, 0.717) is 35.8 Å². The number of methoxy groups -OCH3 is 1. The van der Waals surface area contributed by atoms with Crippen LogP contribution in [0.5, 0.6) is 17.2 Å². The van der Waals surface area contributed by atoms with Crippen molar-refractivity contribution in [3.05, 3.63) is 107 Å². The molecule has 0 saturated heterocycles. The molecular weight excluding hydrogens is 534 g/mol. The van der Waals surface area contributed by atoms with E-state index in [-0.39, 0.29) is 42.8 Å². The summed E-state index contributed by atoms with van der Waals surface area (Å²) < 4.78 is 21.5. The minimum Gasteiger partial charge on any atom is -0.497 e. The SMILES string of the molecule is COc1ccc(CCN(Cc2cc(C(=O)NCc3ccc4c(c3)OCO4)no2)C(=O)c2ccc(C(C)(C)C)cc2)cc1. The summed E-state index contributed by atoms with van der Waals surface area (Å²) in [6.45, 7) is 7.49. The zero-order valence-electron chi connectivity index (χ0n) is 24.3. The summed E-state index contributed by atoms with van der Waals surface area (Å²) in [6.07, 6.45) is 0.632. The third-order valence-corrected chi connectivity index (χ3v) is 7.14. The van der Waals surface area contributed by atoms with E-state index in [1.165, 1.54) is 0 Å². The maximum Gasteiger partial charge on any atom is 0.273 e. The number of carbonyl (C=O) groups is 2. The second-order valence-corrected chi connectivity index (χ2v) is 11.2. The maximum atomic E-state index is 13.7. The highest BCUT2D eigenvalue weighted by Gasteiger charge is 2.22. The molecule has 9 nitrogen and oxygen atoms in total. The van der Waals surface area contributed by atoms with Crippen LogP contribution in [0.1, 0.15) is 64.1 Å². The van der Waals surface area contributed by atoms with Crippen molar-refractivity contribution < 1.29 is 28.3 Å². The third-order valence-electron chi connectivity index (χ3n) is 7.14. The lowest BCUT2D eigenvalue weighted by atomic mass is 9.86. The highest BCUT2D eigenvalue weighted by molar-refractivity contribution is 5.94. The number of nitrogens with zero attached hydrogens (tertiary/aromatic N) is 2. The lowest BCUT2D eigenvalue weighted by Gasteiger charge is -2.23. The van der Waals surface area contributed by atoms with Crippen LogP contribution in [0.4, 0.5) is 0 Å². The van der Waals surface area contributed by atoms with Gasteiger partial charge in [-0.25, -0.2) is 0 Å². The van der Waals surface area contributed by atoms with E-state index < -0.39 is 0 Å². The Labute approximate surface area is 245 Å². The summed E-state index contributed by atoms with van der Waals surface area (Å²) in [5, 5.41) is 6.81. The molecule has 1 N–H and O–H groups in total. The van der Waals surface area contributed by atoms with Gasteiger partial charge < -0.3 is 29.0 Å². The molecule has 42 heavy (non-hydrogen) atoms. The van der Waals surface area contributed by atoms with Crippen molar-refractivity contribution in [2.75, 3.05) is 20.4 Å². The number of benzene rings is 3. The molecule has 0 atom stereocenters. The molecule has 1 aromatic heterocycles. The van der Waals surface area contributed by atoms with Gasteiger partial charge in [0.1, 0.15) is 5.75 Å². The van der Waals surface area contributed by atoms with E-state index in [0.717, 1.165) is 22.4 Å². The van der Waals surface area contributed by atoms with Gasteiger partial charge in [-0.05, 0) is 64.9 Å². The molecule has 4 aromatic rings. The molecule has 9 heteroatoms. The lowest BCUT2D eigenvalue weighted by Crippen LogP contribution is -2.32. The first kappa shape index (κ1) is 28.7. The Morgan fingerprint density at radius 1 is 0.929 bits per heavy atom. The predicted molar refractivity (Wildman–Crippen MR) is 157 cm³/mol. The molecule has 5 rings (SSSR count). The van der Waals surface area contributed by atoms with Crippen molar-refractivity contribution in [2.45, 2.75) is 45.7 Å². The van der Waals surface area contributed by atoms with E-state index in [1.54, 1.807) is 18.1 Å². The number of carbonyl (C=O) groups excluding carboxylic acids is 2. The Bertz CT molecular complexity index is 1540. The normalized spacial score (nSPS) is 12.2. The Hall–Kier alpha value is -4.79. The van der Waals surface area contributed by atoms with E-state index in [1.807, 2.05) is 66.7 Å². The van der Waals surface area contributed by atoms with Crippen LogP contribution in [0.3, 0.4) is 0 Å². The quantitative estimate of drug-likeness (QED) is 0.268. The average molecular weight is 570 g/mol. The third kappa shape index (κ3) is 6.91. The van der Waals surface area contributed by atoms with Gasteiger partial charge in [-0.2, -0.15) is 0 Å². The van der Waals surface area contributed by atoms with Crippen molar-refractivity contribution in [3.63, 3.8) is 0 Å². The Morgan fingerprint density at radius 3 is 2.36 bits per heavy atom. The summed E-state index contributed by atoms with van der Waals surface area (Å²) in [4.78, 5) is 28.2. The second kappa shape index (κ2) is 12.4. The minimum atomic E-state index is -0.378. The zero-order chi connectivity index (χ0) is 29.7. The minimum absolute atomic E-state index is 0.0187. The Morgan fingerprint density at radius 2 is 1.64 bits per heavy atom. The van der Waals surface area contributed by atoms with Crippen LogP contribution in [-0.4, -0.2) is 42.3 Å². The van der Waals surface area contributed by atoms with Gasteiger partial charge in [-0.3, -0.25) is 9.59 Å². The fourth-order valence-electron chi connectivity index (χ4n) is 4.61. The van der Waals surface area contributed by atoms with Gasteiger partial charge in [0.05, 0.1) is 13.7 Å². The van der Waals surface area contributed by atoms with E-state index >= 15 is 0 Å². The largest absolute Gasteiger partial charge is 0.497 e. The number of nitrogens with one attached hydrogen (secondary N) is 1. The molecule has 1 aliphatic rings. The Kier molecular flexibility index (Phi) is 8.47. The van der Waals surface area contributed by atoms with Crippen LogP contribution in [0, 0.1) is 0 Å². The fourth-order valence-corrected chi connectivity index (χ4v) is 4.61. The standard InChI is InChI=1S/C33H35N3O6/c1-33(2,3)25-10-8-24(9-11-25)32(38)36(16-15-22-5-12-26(39-4)13-6-22)20-27-18-28(35-42-27)31(37)34-19-23-7-14-29-30(17-23)41-21-40-29/h5-14,17-18H,15-16,19-21H2,1-4H3,(H,34,37). The molecule has 0 bridgehead atoms. The number of fused-ring (bicyclic) bond motifs is 1. The highest BCUT2D eigenvalue weighted by Crippen LogP contribution is 2.32. The molecular formula is C33H35N3O6. The first-order chi connectivity index (χ1) is 20.2. The molecule has 2 heterocycles. The first-order valence-electron chi connectivity index (χ1n) is 13.8. The van der Waals surface area contributed by atoms with E-state index in [9.17, 15) is 9.59 Å². The monoisotopic (exact) mass is 569 g/mol. The lowest BCUT2D eigenvalue weighted by molar-refractivity contribution is 0.0729. The smallest absolute Gasteiger partial charge is 0.273 e. The topological polar surface area (TPSA) is 103 Å². The second-order valence-electron chi connectivity index (χ2n) is 11.2.